The SMILES string of the molecule is Cc1ccc2c(c1)c(=O)n(-c1ccc(C)c(C)c1)c(=O)n2CC(=O)N1CCCC1. The average molecular weight is 391 g/mol. The van der Waals surface area contributed by atoms with Crippen molar-refractivity contribution in [1.29, 1.82) is 0 Å². The van der Waals surface area contributed by atoms with Gasteiger partial charge in [-0.3, -0.25) is 14.2 Å². The fourth-order valence-electron chi connectivity index (χ4n) is 3.93. The van der Waals surface area contributed by atoms with Gasteiger partial charge in [0.05, 0.1) is 16.6 Å². The normalized spacial score (nSPS) is 14.0. The molecule has 0 aliphatic carbocycles. The van der Waals surface area contributed by atoms with Gasteiger partial charge < -0.3 is 4.90 Å². The van der Waals surface area contributed by atoms with Crippen LogP contribution in [0.4, 0.5) is 0 Å². The van der Waals surface area contributed by atoms with Crippen molar-refractivity contribution in [2.24, 2.45) is 0 Å². The number of nitrogens with zero attached hydrogens (tertiary/aromatic N) is 3. The number of aryl methyl sites for hydroxylation is 3. The van der Waals surface area contributed by atoms with Gasteiger partial charge in [-0.1, -0.05) is 17.7 Å². The maximum atomic E-state index is 13.4. The third-order valence-electron chi connectivity index (χ3n) is 5.80. The lowest BCUT2D eigenvalue weighted by Crippen LogP contribution is -2.42. The smallest absolute Gasteiger partial charge is 0.336 e. The van der Waals surface area contributed by atoms with Crippen LogP contribution in [0.25, 0.3) is 16.6 Å². The summed E-state index contributed by atoms with van der Waals surface area (Å²) in [6.07, 6.45) is 1.98. The number of fused-ring (bicyclic) bond motifs is 1. The van der Waals surface area contributed by atoms with Gasteiger partial charge in [0.15, 0.2) is 0 Å². The van der Waals surface area contributed by atoms with Crippen molar-refractivity contribution >= 4 is 16.8 Å². The molecule has 150 valence electrons. The molecule has 0 unspecified atom stereocenters. The molecule has 0 radical (unpaired) electrons. The average Bonchev–Trinajstić information content (AvgIpc) is 3.23. The molecule has 6 heteroatoms. The van der Waals surface area contributed by atoms with E-state index >= 15 is 0 Å². The lowest BCUT2D eigenvalue weighted by atomic mass is 10.1. The van der Waals surface area contributed by atoms with Crippen molar-refractivity contribution in [3.63, 3.8) is 0 Å². The lowest BCUT2D eigenvalue weighted by Gasteiger charge is -2.19. The number of carbonyl (C=O) groups excluding carboxylic acids is 1. The van der Waals surface area contributed by atoms with E-state index in [9.17, 15) is 14.4 Å². The Morgan fingerprint density at radius 3 is 2.34 bits per heavy atom. The minimum Gasteiger partial charge on any atom is -0.341 e. The highest BCUT2D eigenvalue weighted by atomic mass is 16.2. The third-order valence-corrected chi connectivity index (χ3v) is 5.80. The van der Waals surface area contributed by atoms with Crippen LogP contribution in [0.3, 0.4) is 0 Å². The Morgan fingerprint density at radius 2 is 1.66 bits per heavy atom. The second-order valence-corrected chi connectivity index (χ2v) is 7.89. The van der Waals surface area contributed by atoms with E-state index in [0.29, 0.717) is 16.6 Å². The van der Waals surface area contributed by atoms with Crippen LogP contribution in [0.2, 0.25) is 0 Å². The number of hydrogen-bond donors (Lipinski definition) is 0. The van der Waals surface area contributed by atoms with Crippen molar-refractivity contribution in [3.05, 3.63) is 73.9 Å². The van der Waals surface area contributed by atoms with Crippen LogP contribution in [0.1, 0.15) is 29.5 Å². The van der Waals surface area contributed by atoms with Crippen LogP contribution in [0.5, 0.6) is 0 Å². The largest absolute Gasteiger partial charge is 0.341 e. The van der Waals surface area contributed by atoms with Gasteiger partial charge >= 0.3 is 5.69 Å². The van der Waals surface area contributed by atoms with Gasteiger partial charge in [0, 0.05) is 13.1 Å². The molecule has 0 atom stereocenters. The summed E-state index contributed by atoms with van der Waals surface area (Å²) >= 11 is 0. The summed E-state index contributed by atoms with van der Waals surface area (Å²) in [6, 6.07) is 10.9. The molecule has 29 heavy (non-hydrogen) atoms. The highest BCUT2D eigenvalue weighted by Gasteiger charge is 2.22. The zero-order chi connectivity index (χ0) is 20.7. The fraction of sp³-hybridized carbons (Fsp3) is 0.348. The van der Waals surface area contributed by atoms with Gasteiger partial charge in [0.1, 0.15) is 6.54 Å². The van der Waals surface area contributed by atoms with E-state index in [0.717, 1.165) is 42.6 Å². The second-order valence-electron chi connectivity index (χ2n) is 7.89. The molecule has 1 fully saturated rings. The molecule has 3 aromatic rings. The van der Waals surface area contributed by atoms with Crippen molar-refractivity contribution in [1.82, 2.24) is 14.0 Å². The van der Waals surface area contributed by atoms with E-state index < -0.39 is 5.69 Å². The molecule has 4 rings (SSSR count). The summed E-state index contributed by atoms with van der Waals surface area (Å²) < 4.78 is 2.62. The van der Waals surface area contributed by atoms with E-state index in [1.54, 1.807) is 23.1 Å². The Hall–Kier alpha value is -3.15. The standard InChI is InChI=1S/C23H25N3O3/c1-15-6-9-20-19(12-15)22(28)26(18-8-7-16(2)17(3)13-18)23(29)25(20)14-21(27)24-10-4-5-11-24/h6-9,12-13H,4-5,10-11,14H2,1-3H3. The lowest BCUT2D eigenvalue weighted by molar-refractivity contribution is -0.130. The summed E-state index contributed by atoms with van der Waals surface area (Å²) in [7, 11) is 0. The first kappa shape index (κ1) is 19.2. The molecule has 1 aromatic heterocycles. The van der Waals surface area contributed by atoms with Crippen LogP contribution < -0.4 is 11.2 Å². The van der Waals surface area contributed by atoms with Gasteiger partial charge in [-0.25, -0.2) is 9.36 Å². The molecule has 2 heterocycles. The first-order valence-corrected chi connectivity index (χ1v) is 9.98. The summed E-state index contributed by atoms with van der Waals surface area (Å²) in [5, 5.41) is 0.442. The zero-order valence-corrected chi connectivity index (χ0v) is 17.1. The molecule has 1 aliphatic heterocycles. The number of rotatable bonds is 3. The summed E-state index contributed by atoms with van der Waals surface area (Å²) in [5.41, 5.74) is 3.19. The quantitative estimate of drug-likeness (QED) is 0.690. The van der Waals surface area contributed by atoms with Crippen LogP contribution in [0.15, 0.2) is 46.0 Å². The number of hydrogen-bond acceptors (Lipinski definition) is 3. The van der Waals surface area contributed by atoms with Gasteiger partial charge in [0.25, 0.3) is 5.56 Å². The number of likely N-dealkylation sites (tertiary alicyclic amines) is 1. The number of carbonyl (C=O) groups is 1. The maximum Gasteiger partial charge on any atom is 0.336 e. The number of benzene rings is 2. The first-order valence-electron chi connectivity index (χ1n) is 9.98. The van der Waals surface area contributed by atoms with Crippen LogP contribution >= 0.6 is 0 Å². The van der Waals surface area contributed by atoms with Crippen LogP contribution in [-0.4, -0.2) is 33.0 Å². The van der Waals surface area contributed by atoms with E-state index in [1.807, 2.05) is 39.0 Å². The Labute approximate surface area is 169 Å². The third kappa shape index (κ3) is 3.39. The molecule has 0 saturated carbocycles. The van der Waals surface area contributed by atoms with Crippen LogP contribution in [0, 0.1) is 20.8 Å². The zero-order valence-electron chi connectivity index (χ0n) is 17.1. The van der Waals surface area contributed by atoms with Gasteiger partial charge in [-0.05, 0) is 69.0 Å². The molecule has 1 saturated heterocycles. The van der Waals surface area contributed by atoms with Crippen molar-refractivity contribution in [2.45, 2.75) is 40.2 Å². The highest BCUT2D eigenvalue weighted by Crippen LogP contribution is 2.16. The topological polar surface area (TPSA) is 64.3 Å². The Bertz CT molecular complexity index is 1230. The van der Waals surface area contributed by atoms with Gasteiger partial charge in [-0.15, -0.1) is 0 Å². The number of amides is 1. The highest BCUT2D eigenvalue weighted by molar-refractivity contribution is 5.82. The Balaban J connectivity index is 1.96. The molecule has 1 aliphatic rings. The first-order chi connectivity index (χ1) is 13.9. The number of aromatic nitrogens is 2. The predicted molar refractivity (Wildman–Crippen MR) is 114 cm³/mol. The summed E-state index contributed by atoms with van der Waals surface area (Å²) in [4.78, 5) is 41.2. The van der Waals surface area contributed by atoms with Gasteiger partial charge in [0.2, 0.25) is 5.91 Å². The van der Waals surface area contributed by atoms with E-state index in [4.69, 9.17) is 0 Å². The predicted octanol–water partition coefficient (Wildman–Crippen LogP) is 2.70. The van der Waals surface area contributed by atoms with Crippen molar-refractivity contribution in [2.75, 3.05) is 13.1 Å². The minimum atomic E-state index is -0.484. The van der Waals surface area contributed by atoms with Crippen LogP contribution in [-0.2, 0) is 11.3 Å². The molecular weight excluding hydrogens is 366 g/mol. The summed E-state index contributed by atoms with van der Waals surface area (Å²) in [6.45, 7) is 7.22. The molecule has 1 amide bonds. The summed E-state index contributed by atoms with van der Waals surface area (Å²) in [5.74, 6) is -0.0863. The molecule has 0 spiro atoms. The maximum absolute atomic E-state index is 13.4. The molecule has 0 bridgehead atoms. The molecule has 6 nitrogen and oxygen atoms in total. The van der Waals surface area contributed by atoms with Crippen molar-refractivity contribution < 1.29 is 4.79 Å². The van der Waals surface area contributed by atoms with E-state index in [-0.39, 0.29) is 18.0 Å². The molecular formula is C23H25N3O3. The second kappa shape index (κ2) is 7.35. The van der Waals surface area contributed by atoms with E-state index in [2.05, 4.69) is 0 Å². The monoisotopic (exact) mass is 391 g/mol. The van der Waals surface area contributed by atoms with E-state index in [1.165, 1.54) is 9.13 Å². The van der Waals surface area contributed by atoms with Crippen molar-refractivity contribution in [3.8, 4) is 5.69 Å². The van der Waals surface area contributed by atoms with Gasteiger partial charge in [-0.2, -0.15) is 0 Å². The fourth-order valence-corrected chi connectivity index (χ4v) is 3.93. The Morgan fingerprint density at radius 1 is 0.931 bits per heavy atom. The Kier molecular flexibility index (Phi) is 4.86. The molecule has 2 aromatic carbocycles. The molecule has 0 N–H and O–H groups in total. The minimum absolute atomic E-state index is 0.0660.